The maximum atomic E-state index is 5.96. The van der Waals surface area contributed by atoms with E-state index in [-0.39, 0.29) is 6.04 Å². The number of rotatable bonds is 5. The summed E-state index contributed by atoms with van der Waals surface area (Å²) < 4.78 is 1.85. The van der Waals surface area contributed by atoms with E-state index in [1.807, 2.05) is 24.7 Å². The highest BCUT2D eigenvalue weighted by molar-refractivity contribution is 5.21. The van der Waals surface area contributed by atoms with Crippen LogP contribution < -0.4 is 5.73 Å². The van der Waals surface area contributed by atoms with Crippen molar-refractivity contribution in [3.8, 4) is 0 Å². The zero-order chi connectivity index (χ0) is 13.8. The van der Waals surface area contributed by atoms with Crippen molar-refractivity contribution in [2.45, 2.75) is 19.5 Å². The topological polar surface area (TPSA) is 47.1 Å². The molecular formula is C15H22N4. The Hall–Kier alpha value is -1.65. The lowest BCUT2D eigenvalue weighted by Crippen LogP contribution is -2.30. The van der Waals surface area contributed by atoms with E-state index in [0.717, 1.165) is 12.2 Å². The summed E-state index contributed by atoms with van der Waals surface area (Å²) in [7, 11) is 4.05. The maximum absolute atomic E-state index is 5.96. The molecule has 102 valence electrons. The molecule has 0 aliphatic carbocycles. The van der Waals surface area contributed by atoms with Crippen LogP contribution in [0.25, 0.3) is 0 Å². The van der Waals surface area contributed by atoms with Crippen LogP contribution in [-0.4, -0.2) is 28.3 Å². The lowest BCUT2D eigenvalue weighted by atomic mass is 10.1. The van der Waals surface area contributed by atoms with E-state index in [0.29, 0.717) is 6.54 Å². The Kier molecular flexibility index (Phi) is 4.35. The first-order valence-electron chi connectivity index (χ1n) is 6.56. The molecule has 2 rings (SSSR count). The van der Waals surface area contributed by atoms with Crippen LogP contribution in [0.3, 0.4) is 0 Å². The fourth-order valence-electron chi connectivity index (χ4n) is 2.47. The summed E-state index contributed by atoms with van der Waals surface area (Å²) in [6.07, 6.45) is 2.06. The van der Waals surface area contributed by atoms with Gasteiger partial charge < -0.3 is 5.73 Å². The summed E-state index contributed by atoms with van der Waals surface area (Å²) in [6, 6.07) is 10.6. The Morgan fingerprint density at radius 1 is 1.32 bits per heavy atom. The van der Waals surface area contributed by atoms with Crippen molar-refractivity contribution in [3.05, 3.63) is 53.3 Å². The molecule has 4 heteroatoms. The van der Waals surface area contributed by atoms with Crippen LogP contribution in [0, 0.1) is 6.92 Å². The van der Waals surface area contributed by atoms with Crippen molar-refractivity contribution in [3.63, 3.8) is 0 Å². The number of aromatic nitrogens is 2. The molecule has 1 unspecified atom stereocenters. The Bertz CT molecular complexity index is 518. The average molecular weight is 258 g/mol. The van der Waals surface area contributed by atoms with E-state index in [1.54, 1.807) is 0 Å². The van der Waals surface area contributed by atoms with Crippen LogP contribution in [0.5, 0.6) is 0 Å². The SMILES string of the molecule is Cc1nn(C)cc1C(CN)N(C)Cc1ccccc1. The van der Waals surface area contributed by atoms with Crippen LogP contribution in [0.4, 0.5) is 0 Å². The fourth-order valence-corrected chi connectivity index (χ4v) is 2.47. The van der Waals surface area contributed by atoms with Crippen molar-refractivity contribution < 1.29 is 0 Å². The number of hydrogen-bond acceptors (Lipinski definition) is 3. The molecule has 19 heavy (non-hydrogen) atoms. The molecule has 0 aliphatic rings. The largest absolute Gasteiger partial charge is 0.329 e. The molecule has 0 bridgehead atoms. The first-order valence-corrected chi connectivity index (χ1v) is 6.56. The van der Waals surface area contributed by atoms with Gasteiger partial charge in [0.1, 0.15) is 0 Å². The number of nitrogens with zero attached hydrogens (tertiary/aromatic N) is 3. The third-order valence-electron chi connectivity index (χ3n) is 3.44. The summed E-state index contributed by atoms with van der Waals surface area (Å²) in [4.78, 5) is 2.28. The highest BCUT2D eigenvalue weighted by Gasteiger charge is 2.19. The minimum Gasteiger partial charge on any atom is -0.329 e. The number of aryl methyl sites for hydroxylation is 2. The Morgan fingerprint density at radius 3 is 2.53 bits per heavy atom. The number of benzene rings is 1. The first-order chi connectivity index (χ1) is 9.11. The van der Waals surface area contributed by atoms with Gasteiger partial charge in [-0.3, -0.25) is 9.58 Å². The number of hydrogen-bond donors (Lipinski definition) is 1. The molecule has 0 radical (unpaired) electrons. The molecule has 0 aliphatic heterocycles. The molecule has 1 aromatic heterocycles. The van der Waals surface area contributed by atoms with E-state index in [4.69, 9.17) is 5.73 Å². The van der Waals surface area contributed by atoms with E-state index in [9.17, 15) is 0 Å². The van der Waals surface area contributed by atoms with Crippen molar-refractivity contribution in [1.29, 1.82) is 0 Å². The van der Waals surface area contributed by atoms with Crippen LogP contribution >= 0.6 is 0 Å². The molecule has 1 heterocycles. The molecular weight excluding hydrogens is 236 g/mol. The van der Waals surface area contributed by atoms with Crippen LogP contribution in [-0.2, 0) is 13.6 Å². The second kappa shape index (κ2) is 5.99. The normalized spacial score (nSPS) is 12.9. The van der Waals surface area contributed by atoms with E-state index in [1.165, 1.54) is 11.1 Å². The molecule has 2 aromatic rings. The minimum atomic E-state index is 0.203. The van der Waals surface area contributed by atoms with Crippen LogP contribution in [0.1, 0.15) is 22.9 Å². The van der Waals surface area contributed by atoms with Gasteiger partial charge in [-0.25, -0.2) is 0 Å². The monoisotopic (exact) mass is 258 g/mol. The third kappa shape index (κ3) is 3.22. The smallest absolute Gasteiger partial charge is 0.0641 e. The summed E-state index contributed by atoms with van der Waals surface area (Å²) >= 11 is 0. The first kappa shape index (κ1) is 13.8. The van der Waals surface area contributed by atoms with Gasteiger partial charge in [0.2, 0.25) is 0 Å². The molecule has 1 aromatic carbocycles. The van der Waals surface area contributed by atoms with Gasteiger partial charge in [0, 0.05) is 31.9 Å². The minimum absolute atomic E-state index is 0.203. The van der Waals surface area contributed by atoms with E-state index in [2.05, 4.69) is 47.5 Å². The van der Waals surface area contributed by atoms with Crippen LogP contribution in [0.2, 0.25) is 0 Å². The van der Waals surface area contributed by atoms with Gasteiger partial charge in [-0.1, -0.05) is 30.3 Å². The average Bonchev–Trinajstić information content (AvgIpc) is 2.71. The predicted molar refractivity (Wildman–Crippen MR) is 77.6 cm³/mol. The molecule has 2 N–H and O–H groups in total. The lowest BCUT2D eigenvalue weighted by molar-refractivity contribution is 0.241. The van der Waals surface area contributed by atoms with Gasteiger partial charge in [0.15, 0.2) is 0 Å². The predicted octanol–water partition coefficient (Wildman–Crippen LogP) is 1.86. The summed E-state index contributed by atoms with van der Waals surface area (Å²) in [5.74, 6) is 0. The van der Waals surface area contributed by atoms with Gasteiger partial charge in [-0.15, -0.1) is 0 Å². The molecule has 0 amide bonds. The zero-order valence-corrected chi connectivity index (χ0v) is 11.9. The molecule has 0 fully saturated rings. The molecule has 1 atom stereocenters. The summed E-state index contributed by atoms with van der Waals surface area (Å²) in [6.45, 7) is 3.52. The van der Waals surface area contributed by atoms with Gasteiger partial charge in [0.25, 0.3) is 0 Å². The molecule has 0 saturated carbocycles. The number of nitrogens with two attached hydrogens (primary N) is 1. The van der Waals surface area contributed by atoms with Crippen molar-refractivity contribution in [2.24, 2.45) is 12.8 Å². The standard InChI is InChI=1S/C15H22N4/c1-12-14(11-19(3)17-12)15(9-16)18(2)10-13-7-5-4-6-8-13/h4-8,11,15H,9-10,16H2,1-3H3. The highest BCUT2D eigenvalue weighted by Crippen LogP contribution is 2.22. The lowest BCUT2D eigenvalue weighted by Gasteiger charge is -2.26. The Balaban J connectivity index is 2.15. The number of likely N-dealkylation sites (N-methyl/N-ethyl adjacent to an activating group) is 1. The maximum Gasteiger partial charge on any atom is 0.0641 e. The summed E-state index contributed by atoms with van der Waals surface area (Å²) in [5.41, 5.74) is 9.52. The molecule has 0 spiro atoms. The van der Waals surface area contributed by atoms with Crippen molar-refractivity contribution in [2.75, 3.05) is 13.6 Å². The second-order valence-electron chi connectivity index (χ2n) is 5.00. The van der Waals surface area contributed by atoms with E-state index < -0.39 is 0 Å². The van der Waals surface area contributed by atoms with E-state index >= 15 is 0 Å². The van der Waals surface area contributed by atoms with Crippen molar-refractivity contribution in [1.82, 2.24) is 14.7 Å². The van der Waals surface area contributed by atoms with Crippen LogP contribution in [0.15, 0.2) is 36.5 Å². The Morgan fingerprint density at radius 2 is 2.00 bits per heavy atom. The second-order valence-corrected chi connectivity index (χ2v) is 5.00. The molecule has 0 saturated heterocycles. The Labute approximate surface area is 114 Å². The molecule has 4 nitrogen and oxygen atoms in total. The fraction of sp³-hybridized carbons (Fsp3) is 0.400. The van der Waals surface area contributed by atoms with Gasteiger partial charge in [-0.05, 0) is 19.5 Å². The highest BCUT2D eigenvalue weighted by atomic mass is 15.3. The summed E-state index contributed by atoms with van der Waals surface area (Å²) in [5, 5.41) is 4.40. The van der Waals surface area contributed by atoms with Gasteiger partial charge in [0.05, 0.1) is 11.7 Å². The van der Waals surface area contributed by atoms with Gasteiger partial charge >= 0.3 is 0 Å². The van der Waals surface area contributed by atoms with Crippen molar-refractivity contribution >= 4 is 0 Å². The third-order valence-corrected chi connectivity index (χ3v) is 3.44. The van der Waals surface area contributed by atoms with Gasteiger partial charge in [-0.2, -0.15) is 5.10 Å². The quantitative estimate of drug-likeness (QED) is 0.890. The zero-order valence-electron chi connectivity index (χ0n) is 11.9.